The molecule has 0 aliphatic carbocycles. The van der Waals surface area contributed by atoms with Crippen molar-refractivity contribution < 1.29 is 4.74 Å². The molecule has 1 nitrogen and oxygen atoms in total. The maximum absolute atomic E-state index is 5.50. The highest BCUT2D eigenvalue weighted by Crippen LogP contribution is 2.45. The average molecular weight is 485 g/mol. The molecular formula is C37H24O. The number of benzene rings is 7. The Labute approximate surface area is 220 Å². The smallest absolute Gasteiger partial charge is 0.106 e. The maximum atomic E-state index is 5.50. The van der Waals surface area contributed by atoms with Crippen LogP contribution >= 0.6 is 0 Å². The third-order valence-electron chi connectivity index (χ3n) is 7.96. The Hall–Kier alpha value is -4.88. The molecule has 0 amide bonds. The molecule has 7 aromatic carbocycles. The molecule has 1 heterocycles. The van der Waals surface area contributed by atoms with Gasteiger partial charge in [0.15, 0.2) is 0 Å². The Balaban J connectivity index is 1.57. The van der Waals surface area contributed by atoms with E-state index in [4.69, 9.17) is 4.74 Å². The zero-order valence-electron chi connectivity index (χ0n) is 20.8. The van der Waals surface area contributed by atoms with E-state index in [9.17, 15) is 0 Å². The summed E-state index contributed by atoms with van der Waals surface area (Å²) in [6.45, 7) is 0.597. The molecule has 0 fully saturated rings. The molecule has 1 heteroatoms. The van der Waals surface area contributed by atoms with E-state index in [0.717, 1.165) is 0 Å². The first-order valence-corrected chi connectivity index (χ1v) is 13.1. The number of hydrogen-bond donors (Lipinski definition) is 0. The zero-order chi connectivity index (χ0) is 25.1. The second-order valence-corrected chi connectivity index (χ2v) is 10.0. The molecular weight excluding hydrogens is 460 g/mol. The van der Waals surface area contributed by atoms with Crippen LogP contribution in [0.4, 0.5) is 0 Å². The van der Waals surface area contributed by atoms with Crippen molar-refractivity contribution in [1.82, 2.24) is 0 Å². The fourth-order valence-corrected chi connectivity index (χ4v) is 6.30. The second-order valence-electron chi connectivity index (χ2n) is 10.0. The van der Waals surface area contributed by atoms with E-state index in [1.807, 2.05) is 6.26 Å². The van der Waals surface area contributed by atoms with E-state index >= 15 is 0 Å². The van der Waals surface area contributed by atoms with E-state index in [0.29, 0.717) is 6.61 Å². The molecule has 8 rings (SSSR count). The molecule has 0 bridgehead atoms. The second kappa shape index (κ2) is 8.33. The van der Waals surface area contributed by atoms with Crippen LogP contribution < -0.4 is 0 Å². The maximum Gasteiger partial charge on any atom is 0.106 e. The largest absolute Gasteiger partial charge is 0.497 e. The summed E-state index contributed by atoms with van der Waals surface area (Å²) >= 11 is 0. The first kappa shape index (κ1) is 21.2. The molecule has 38 heavy (non-hydrogen) atoms. The first-order chi connectivity index (χ1) is 18.9. The van der Waals surface area contributed by atoms with Crippen molar-refractivity contribution in [3.8, 4) is 11.1 Å². The van der Waals surface area contributed by atoms with Gasteiger partial charge in [-0.2, -0.15) is 0 Å². The number of allylic oxidation sites excluding steroid dienone is 2. The summed E-state index contributed by atoms with van der Waals surface area (Å²) in [5, 5.41) is 12.8. The van der Waals surface area contributed by atoms with Crippen LogP contribution in [0.2, 0.25) is 0 Å². The molecule has 0 aromatic heterocycles. The molecule has 1 aliphatic rings. The molecule has 0 N–H and O–H groups in total. The standard InChI is InChI=1S/C37H24O/c1-2-10-26-22-34-27(21-25(26)9-1)23-35(29-12-4-3-11-28(29)34)37-32-15-7-5-13-30(32)36(24-17-19-38-20-18-24)31-14-6-8-16-33(31)37/h1-19,21-23H,20H2. The van der Waals surface area contributed by atoms with Gasteiger partial charge in [-0.15, -0.1) is 0 Å². The highest BCUT2D eigenvalue weighted by atomic mass is 16.5. The fraction of sp³-hybridized carbons (Fsp3) is 0.0270. The third kappa shape index (κ3) is 3.12. The van der Waals surface area contributed by atoms with Gasteiger partial charge in [-0.1, -0.05) is 97.1 Å². The van der Waals surface area contributed by atoms with Crippen LogP contribution in [-0.2, 0) is 4.74 Å². The lowest BCUT2D eigenvalue weighted by molar-refractivity contribution is 0.287. The Morgan fingerprint density at radius 3 is 1.63 bits per heavy atom. The lowest BCUT2D eigenvalue weighted by atomic mass is 9.83. The van der Waals surface area contributed by atoms with E-state index in [1.54, 1.807) is 0 Å². The molecule has 0 atom stereocenters. The summed E-state index contributed by atoms with van der Waals surface area (Å²) in [6.07, 6.45) is 6.09. The highest BCUT2D eigenvalue weighted by Gasteiger charge is 2.19. The molecule has 7 aromatic rings. The molecule has 1 aliphatic heterocycles. The van der Waals surface area contributed by atoms with Gasteiger partial charge in [0.25, 0.3) is 0 Å². The first-order valence-electron chi connectivity index (χ1n) is 13.1. The highest BCUT2D eigenvalue weighted by molar-refractivity contribution is 6.25. The van der Waals surface area contributed by atoms with E-state index < -0.39 is 0 Å². The van der Waals surface area contributed by atoms with Gasteiger partial charge in [-0.25, -0.2) is 0 Å². The van der Waals surface area contributed by atoms with Gasteiger partial charge in [-0.05, 0) is 106 Å². The van der Waals surface area contributed by atoms with Crippen LogP contribution in [0, 0.1) is 0 Å². The number of rotatable bonds is 2. The SMILES string of the molecule is C1=CC(c2c3ccccc3c(-c3cc4cc5ccccc5cc4c4ccccc34)c3ccccc23)=CCO1. The van der Waals surface area contributed by atoms with Gasteiger partial charge in [0.2, 0.25) is 0 Å². The molecule has 0 spiro atoms. The normalized spacial score (nSPS) is 13.4. The summed E-state index contributed by atoms with van der Waals surface area (Å²) < 4.78 is 5.50. The van der Waals surface area contributed by atoms with Crippen molar-refractivity contribution in [1.29, 1.82) is 0 Å². The minimum absolute atomic E-state index is 0.597. The van der Waals surface area contributed by atoms with Crippen LogP contribution in [0.25, 0.3) is 70.6 Å². The van der Waals surface area contributed by atoms with Crippen molar-refractivity contribution in [3.05, 3.63) is 139 Å². The van der Waals surface area contributed by atoms with Crippen LogP contribution in [0.15, 0.2) is 134 Å². The van der Waals surface area contributed by atoms with E-state index in [1.165, 1.54) is 76.1 Å². The monoisotopic (exact) mass is 484 g/mol. The third-order valence-corrected chi connectivity index (χ3v) is 7.96. The summed E-state index contributed by atoms with van der Waals surface area (Å²) in [5.41, 5.74) is 5.06. The lowest BCUT2D eigenvalue weighted by Crippen LogP contribution is -1.97. The molecule has 0 saturated heterocycles. The van der Waals surface area contributed by atoms with E-state index in [-0.39, 0.29) is 0 Å². The summed E-state index contributed by atoms with van der Waals surface area (Å²) in [4.78, 5) is 0. The molecule has 0 saturated carbocycles. The van der Waals surface area contributed by atoms with Crippen molar-refractivity contribution in [3.63, 3.8) is 0 Å². The Morgan fingerprint density at radius 2 is 1.00 bits per heavy atom. The average Bonchev–Trinajstić information content (AvgIpc) is 2.99. The Kier molecular flexibility index (Phi) is 4.65. The lowest BCUT2D eigenvalue weighted by Gasteiger charge is -2.20. The summed E-state index contributed by atoms with van der Waals surface area (Å²) in [5.74, 6) is 0. The summed E-state index contributed by atoms with van der Waals surface area (Å²) in [7, 11) is 0. The molecule has 0 unspecified atom stereocenters. The minimum atomic E-state index is 0.597. The van der Waals surface area contributed by atoms with Crippen molar-refractivity contribution in [2.75, 3.05) is 6.61 Å². The molecule has 178 valence electrons. The van der Waals surface area contributed by atoms with Crippen LogP contribution in [-0.4, -0.2) is 6.61 Å². The van der Waals surface area contributed by atoms with Crippen molar-refractivity contribution in [2.45, 2.75) is 0 Å². The number of ether oxygens (including phenoxy) is 1. The minimum Gasteiger partial charge on any atom is -0.497 e. The predicted molar refractivity (Wildman–Crippen MR) is 162 cm³/mol. The summed E-state index contributed by atoms with van der Waals surface area (Å²) in [6, 6.07) is 42.3. The topological polar surface area (TPSA) is 9.23 Å². The van der Waals surface area contributed by atoms with Gasteiger partial charge in [0.1, 0.15) is 6.61 Å². The number of fused-ring (bicyclic) bond motifs is 6. The molecule has 0 radical (unpaired) electrons. The Morgan fingerprint density at radius 1 is 0.447 bits per heavy atom. The van der Waals surface area contributed by atoms with Gasteiger partial charge >= 0.3 is 0 Å². The van der Waals surface area contributed by atoms with Gasteiger partial charge < -0.3 is 4.74 Å². The fourth-order valence-electron chi connectivity index (χ4n) is 6.30. The Bertz CT molecular complexity index is 2070. The van der Waals surface area contributed by atoms with Crippen LogP contribution in [0.3, 0.4) is 0 Å². The van der Waals surface area contributed by atoms with Crippen LogP contribution in [0.5, 0.6) is 0 Å². The predicted octanol–water partition coefficient (Wildman–Crippen LogP) is 10.0. The van der Waals surface area contributed by atoms with Crippen molar-refractivity contribution in [2.24, 2.45) is 0 Å². The van der Waals surface area contributed by atoms with Gasteiger partial charge in [0.05, 0.1) is 6.26 Å². The number of hydrogen-bond acceptors (Lipinski definition) is 1. The van der Waals surface area contributed by atoms with Gasteiger partial charge in [-0.3, -0.25) is 0 Å². The van der Waals surface area contributed by atoms with Crippen molar-refractivity contribution >= 4 is 59.4 Å². The zero-order valence-corrected chi connectivity index (χ0v) is 20.8. The van der Waals surface area contributed by atoms with Gasteiger partial charge in [0, 0.05) is 0 Å². The quantitative estimate of drug-likeness (QED) is 0.175. The van der Waals surface area contributed by atoms with E-state index in [2.05, 4.69) is 127 Å². The van der Waals surface area contributed by atoms with Crippen LogP contribution in [0.1, 0.15) is 5.56 Å².